The molecule has 0 amide bonds. The number of fused-ring (bicyclic) bond motifs is 1. The standard InChI is InChI=1S/C18H20ClN5O/c1-13-10-16(24-17(23-13)21-12-22-24)20-11-18(6-8-25-9-7-18)14-2-4-15(19)5-3-14/h2-5,10,12,20H,6-9,11H2,1H3. The van der Waals surface area contributed by atoms with Crippen molar-refractivity contribution in [2.24, 2.45) is 0 Å². The zero-order valence-electron chi connectivity index (χ0n) is 14.1. The Balaban J connectivity index is 1.65. The van der Waals surface area contributed by atoms with Crippen LogP contribution in [0.3, 0.4) is 0 Å². The van der Waals surface area contributed by atoms with Crippen LogP contribution >= 0.6 is 11.6 Å². The molecule has 1 fully saturated rings. The first kappa shape index (κ1) is 16.3. The maximum absolute atomic E-state index is 6.07. The van der Waals surface area contributed by atoms with Crippen molar-refractivity contribution in [2.45, 2.75) is 25.2 Å². The number of hydrogen-bond donors (Lipinski definition) is 1. The predicted molar refractivity (Wildman–Crippen MR) is 97.2 cm³/mol. The summed E-state index contributed by atoms with van der Waals surface area (Å²) in [4.78, 5) is 8.58. The normalized spacial score (nSPS) is 16.9. The van der Waals surface area contributed by atoms with Crippen LogP contribution in [-0.4, -0.2) is 39.3 Å². The molecule has 3 heterocycles. The van der Waals surface area contributed by atoms with Crippen molar-refractivity contribution < 1.29 is 4.74 Å². The van der Waals surface area contributed by atoms with Gasteiger partial charge in [-0.3, -0.25) is 0 Å². The number of anilines is 1. The number of hydrogen-bond acceptors (Lipinski definition) is 5. The molecule has 1 aromatic carbocycles. The maximum atomic E-state index is 6.07. The van der Waals surface area contributed by atoms with E-state index in [1.54, 1.807) is 4.52 Å². The summed E-state index contributed by atoms with van der Waals surface area (Å²) in [6.45, 7) is 4.27. The number of aryl methyl sites for hydroxylation is 1. The van der Waals surface area contributed by atoms with Crippen LogP contribution in [0.5, 0.6) is 0 Å². The van der Waals surface area contributed by atoms with Crippen LogP contribution in [0.15, 0.2) is 36.7 Å². The summed E-state index contributed by atoms with van der Waals surface area (Å²) in [5.74, 6) is 1.51. The van der Waals surface area contributed by atoms with Crippen molar-refractivity contribution in [1.82, 2.24) is 19.6 Å². The van der Waals surface area contributed by atoms with Crippen LogP contribution in [0.25, 0.3) is 5.78 Å². The van der Waals surface area contributed by atoms with Gasteiger partial charge in [-0.15, -0.1) is 0 Å². The smallest absolute Gasteiger partial charge is 0.254 e. The Labute approximate surface area is 151 Å². The van der Waals surface area contributed by atoms with Gasteiger partial charge in [-0.1, -0.05) is 23.7 Å². The van der Waals surface area contributed by atoms with Crippen molar-refractivity contribution in [1.29, 1.82) is 0 Å². The summed E-state index contributed by atoms with van der Waals surface area (Å²) >= 11 is 6.07. The highest BCUT2D eigenvalue weighted by Gasteiger charge is 2.34. The van der Waals surface area contributed by atoms with E-state index in [0.717, 1.165) is 49.1 Å². The second kappa shape index (κ2) is 6.61. The number of ether oxygens (including phenoxy) is 1. The first-order valence-corrected chi connectivity index (χ1v) is 8.79. The molecule has 4 rings (SSSR count). The van der Waals surface area contributed by atoms with Crippen LogP contribution in [0.2, 0.25) is 5.02 Å². The van der Waals surface area contributed by atoms with E-state index in [1.807, 2.05) is 25.1 Å². The van der Waals surface area contributed by atoms with Crippen molar-refractivity contribution in [2.75, 3.05) is 25.1 Å². The number of nitrogens with one attached hydrogen (secondary N) is 1. The number of halogens is 1. The third-order valence-electron chi connectivity index (χ3n) is 4.89. The molecule has 1 N–H and O–H groups in total. The average Bonchev–Trinajstić information content (AvgIpc) is 3.09. The van der Waals surface area contributed by atoms with Crippen LogP contribution in [0, 0.1) is 6.92 Å². The molecule has 1 saturated heterocycles. The summed E-state index contributed by atoms with van der Waals surface area (Å²) < 4.78 is 7.35. The Kier molecular flexibility index (Phi) is 4.31. The molecule has 2 aromatic heterocycles. The summed E-state index contributed by atoms with van der Waals surface area (Å²) in [5.41, 5.74) is 2.20. The van der Waals surface area contributed by atoms with Gasteiger partial charge in [0.05, 0.1) is 0 Å². The van der Waals surface area contributed by atoms with E-state index >= 15 is 0 Å². The van der Waals surface area contributed by atoms with Crippen LogP contribution in [0.4, 0.5) is 5.82 Å². The topological polar surface area (TPSA) is 64.3 Å². The SMILES string of the molecule is Cc1cc(NCC2(c3ccc(Cl)cc3)CCOCC2)n2ncnc2n1. The molecule has 25 heavy (non-hydrogen) atoms. The van der Waals surface area contributed by atoms with Gasteiger partial charge in [-0.2, -0.15) is 14.6 Å². The lowest BCUT2D eigenvalue weighted by atomic mass is 9.74. The largest absolute Gasteiger partial charge is 0.381 e. The van der Waals surface area contributed by atoms with Crippen LogP contribution < -0.4 is 5.32 Å². The molecular weight excluding hydrogens is 338 g/mol. The van der Waals surface area contributed by atoms with Gasteiger partial charge < -0.3 is 10.1 Å². The summed E-state index contributed by atoms with van der Waals surface area (Å²) in [5, 5.41) is 8.60. The van der Waals surface area contributed by atoms with Crippen molar-refractivity contribution in [3.05, 3.63) is 52.9 Å². The van der Waals surface area contributed by atoms with Crippen molar-refractivity contribution >= 4 is 23.2 Å². The first-order chi connectivity index (χ1) is 12.2. The fourth-order valence-electron chi connectivity index (χ4n) is 3.45. The van der Waals surface area contributed by atoms with Gasteiger partial charge in [-0.25, -0.2) is 4.98 Å². The van der Waals surface area contributed by atoms with Gasteiger partial charge in [-0.05, 0) is 37.5 Å². The van der Waals surface area contributed by atoms with Gasteiger partial charge in [0.2, 0.25) is 0 Å². The Morgan fingerprint density at radius 3 is 2.76 bits per heavy atom. The molecule has 1 aliphatic rings. The maximum Gasteiger partial charge on any atom is 0.254 e. The van der Waals surface area contributed by atoms with E-state index < -0.39 is 0 Å². The Morgan fingerprint density at radius 1 is 1.24 bits per heavy atom. The molecule has 0 saturated carbocycles. The minimum atomic E-state index is 0.00686. The Bertz CT molecular complexity index is 871. The number of benzene rings is 1. The third kappa shape index (κ3) is 3.19. The highest BCUT2D eigenvalue weighted by atomic mass is 35.5. The number of aromatic nitrogens is 4. The fourth-order valence-corrected chi connectivity index (χ4v) is 3.58. The van der Waals surface area contributed by atoms with Crippen LogP contribution in [0.1, 0.15) is 24.1 Å². The van der Waals surface area contributed by atoms with E-state index in [2.05, 4.69) is 32.5 Å². The zero-order chi connectivity index (χ0) is 17.3. The molecule has 0 unspecified atom stereocenters. The lowest BCUT2D eigenvalue weighted by Crippen LogP contribution is -2.40. The second-order valence-electron chi connectivity index (χ2n) is 6.51. The number of rotatable bonds is 4. The molecule has 0 spiro atoms. The minimum Gasteiger partial charge on any atom is -0.381 e. The lowest BCUT2D eigenvalue weighted by molar-refractivity contribution is 0.0543. The van der Waals surface area contributed by atoms with Gasteiger partial charge >= 0.3 is 0 Å². The van der Waals surface area contributed by atoms with E-state index in [1.165, 1.54) is 11.9 Å². The van der Waals surface area contributed by atoms with E-state index in [9.17, 15) is 0 Å². The van der Waals surface area contributed by atoms with Gasteiger partial charge in [0, 0.05) is 42.0 Å². The molecular formula is C18H20ClN5O. The van der Waals surface area contributed by atoms with Gasteiger partial charge in [0.15, 0.2) is 0 Å². The monoisotopic (exact) mass is 357 g/mol. The molecule has 1 aliphatic heterocycles. The van der Waals surface area contributed by atoms with Gasteiger partial charge in [0.1, 0.15) is 12.1 Å². The van der Waals surface area contributed by atoms with Crippen molar-refractivity contribution in [3.63, 3.8) is 0 Å². The first-order valence-electron chi connectivity index (χ1n) is 8.41. The average molecular weight is 358 g/mol. The molecule has 7 heteroatoms. The highest BCUT2D eigenvalue weighted by Crippen LogP contribution is 2.35. The van der Waals surface area contributed by atoms with Gasteiger partial charge in [0.25, 0.3) is 5.78 Å². The molecule has 0 atom stereocenters. The minimum absolute atomic E-state index is 0.00686. The van der Waals surface area contributed by atoms with Crippen molar-refractivity contribution in [3.8, 4) is 0 Å². The Morgan fingerprint density at radius 2 is 2.00 bits per heavy atom. The van der Waals surface area contributed by atoms with E-state index in [4.69, 9.17) is 16.3 Å². The molecule has 0 aliphatic carbocycles. The van der Waals surface area contributed by atoms with E-state index in [-0.39, 0.29) is 5.41 Å². The zero-order valence-corrected chi connectivity index (χ0v) is 14.8. The molecule has 6 nitrogen and oxygen atoms in total. The highest BCUT2D eigenvalue weighted by molar-refractivity contribution is 6.30. The summed E-state index contributed by atoms with van der Waals surface area (Å²) in [7, 11) is 0. The number of nitrogens with zero attached hydrogens (tertiary/aromatic N) is 4. The lowest BCUT2D eigenvalue weighted by Gasteiger charge is -2.38. The van der Waals surface area contributed by atoms with Crippen LogP contribution in [-0.2, 0) is 10.2 Å². The quantitative estimate of drug-likeness (QED) is 0.776. The van der Waals surface area contributed by atoms with E-state index in [0.29, 0.717) is 5.78 Å². The molecule has 130 valence electrons. The molecule has 0 bridgehead atoms. The fraction of sp³-hybridized carbons (Fsp3) is 0.389. The second-order valence-corrected chi connectivity index (χ2v) is 6.94. The molecule has 0 radical (unpaired) electrons. The molecule has 3 aromatic rings. The third-order valence-corrected chi connectivity index (χ3v) is 5.15. The summed E-state index contributed by atoms with van der Waals surface area (Å²) in [6.07, 6.45) is 3.45. The predicted octanol–water partition coefficient (Wildman–Crippen LogP) is 3.25. The summed E-state index contributed by atoms with van der Waals surface area (Å²) in [6, 6.07) is 10.2. The Hall–Kier alpha value is -2.18.